The van der Waals surface area contributed by atoms with Gasteiger partial charge in [-0.2, -0.15) is 0 Å². The van der Waals surface area contributed by atoms with Crippen LogP contribution in [0.3, 0.4) is 0 Å². The number of aryl methyl sites for hydroxylation is 1. The number of amides is 1. The highest BCUT2D eigenvalue weighted by Crippen LogP contribution is 2.23. The number of likely N-dealkylation sites (tertiary alicyclic amines) is 1. The molecule has 2 heterocycles. The molecule has 1 aromatic heterocycles. The summed E-state index contributed by atoms with van der Waals surface area (Å²) >= 11 is 0. The highest BCUT2D eigenvalue weighted by Gasteiger charge is 2.21. The number of carbonyl (C=O) groups is 1. The average Bonchev–Trinajstić information content (AvgIpc) is 2.97. The lowest BCUT2D eigenvalue weighted by atomic mass is 9.92. The monoisotopic (exact) mass is 358 g/mol. The second kappa shape index (κ2) is 9.14. The molecule has 0 bridgehead atoms. The summed E-state index contributed by atoms with van der Waals surface area (Å²) in [5.74, 6) is 1.92. The zero-order valence-electron chi connectivity index (χ0n) is 15.9. The van der Waals surface area contributed by atoms with E-state index in [4.69, 9.17) is 9.72 Å². The fourth-order valence-electron chi connectivity index (χ4n) is 3.69. The zero-order valence-corrected chi connectivity index (χ0v) is 15.9. The molecule has 0 spiro atoms. The molecule has 1 saturated heterocycles. The minimum atomic E-state index is 0.143. The quantitative estimate of drug-likeness (QED) is 0.736. The first kappa shape index (κ1) is 18.9. The lowest BCUT2D eigenvalue weighted by Gasteiger charge is -2.31. The van der Waals surface area contributed by atoms with Crippen LogP contribution in [0, 0.1) is 5.92 Å². The van der Waals surface area contributed by atoms with E-state index < -0.39 is 0 Å². The molecule has 0 aliphatic carbocycles. The molecular formula is C20H30N4O2. The van der Waals surface area contributed by atoms with Crippen molar-refractivity contribution < 1.29 is 9.53 Å². The summed E-state index contributed by atoms with van der Waals surface area (Å²) in [5.41, 5.74) is 2.26. The van der Waals surface area contributed by atoms with Gasteiger partial charge in [-0.05, 0) is 50.4 Å². The second-order valence-electron chi connectivity index (χ2n) is 7.18. The maximum Gasteiger partial charge on any atom is 0.220 e. The molecule has 0 atom stereocenters. The van der Waals surface area contributed by atoms with Crippen molar-refractivity contribution in [2.75, 3.05) is 33.4 Å². The molecule has 1 N–H and O–H groups in total. The molecule has 1 aliphatic heterocycles. The Bertz CT molecular complexity index is 720. The molecule has 6 nitrogen and oxygen atoms in total. The Labute approximate surface area is 155 Å². The smallest absolute Gasteiger partial charge is 0.220 e. The van der Waals surface area contributed by atoms with Crippen molar-refractivity contribution in [2.24, 2.45) is 13.0 Å². The van der Waals surface area contributed by atoms with Crippen molar-refractivity contribution in [1.82, 2.24) is 19.8 Å². The fraction of sp³-hybridized carbons (Fsp3) is 0.600. The van der Waals surface area contributed by atoms with E-state index >= 15 is 0 Å². The van der Waals surface area contributed by atoms with Crippen LogP contribution in [-0.2, 0) is 23.1 Å². The van der Waals surface area contributed by atoms with Crippen LogP contribution in [0.1, 0.15) is 31.5 Å². The first-order valence-electron chi connectivity index (χ1n) is 9.55. The van der Waals surface area contributed by atoms with Crippen LogP contribution in [0.15, 0.2) is 24.3 Å². The molecular weight excluding hydrogens is 328 g/mol. The number of hydrogen-bond acceptors (Lipinski definition) is 4. The van der Waals surface area contributed by atoms with E-state index in [0.29, 0.717) is 25.5 Å². The number of carbonyl (C=O) groups excluding carboxylic acids is 1. The third-order valence-corrected chi connectivity index (χ3v) is 5.36. The Morgan fingerprint density at radius 3 is 2.81 bits per heavy atom. The normalized spacial score (nSPS) is 16.2. The van der Waals surface area contributed by atoms with Gasteiger partial charge in [0, 0.05) is 27.1 Å². The first-order valence-corrected chi connectivity index (χ1v) is 9.55. The van der Waals surface area contributed by atoms with Crippen LogP contribution in [-0.4, -0.2) is 53.7 Å². The predicted molar refractivity (Wildman–Crippen MR) is 103 cm³/mol. The fourth-order valence-corrected chi connectivity index (χ4v) is 3.69. The minimum Gasteiger partial charge on any atom is -0.383 e. The molecule has 1 amide bonds. The predicted octanol–water partition coefficient (Wildman–Crippen LogP) is 2.33. The van der Waals surface area contributed by atoms with Gasteiger partial charge in [0.1, 0.15) is 5.82 Å². The molecule has 6 heteroatoms. The van der Waals surface area contributed by atoms with E-state index in [0.717, 1.165) is 50.2 Å². The lowest BCUT2D eigenvalue weighted by molar-refractivity contribution is -0.121. The average molecular weight is 358 g/mol. The van der Waals surface area contributed by atoms with E-state index in [1.54, 1.807) is 7.11 Å². The maximum atomic E-state index is 11.8. The molecule has 142 valence electrons. The first-order chi connectivity index (χ1) is 12.7. The summed E-state index contributed by atoms with van der Waals surface area (Å²) in [4.78, 5) is 19.1. The highest BCUT2D eigenvalue weighted by molar-refractivity contribution is 5.76. The van der Waals surface area contributed by atoms with Gasteiger partial charge in [-0.3, -0.25) is 9.69 Å². The van der Waals surface area contributed by atoms with Crippen molar-refractivity contribution in [3.63, 3.8) is 0 Å². The Morgan fingerprint density at radius 2 is 2.08 bits per heavy atom. The number of aromatic nitrogens is 2. The SMILES string of the molecule is COCCNC(=O)CCC1CCN(Cc2nc3ccccc3n2C)CC1. The number of piperidine rings is 1. The number of para-hydroxylation sites is 2. The Hall–Kier alpha value is -1.92. The minimum absolute atomic E-state index is 0.143. The van der Waals surface area contributed by atoms with Gasteiger partial charge in [0.05, 0.1) is 24.2 Å². The molecule has 3 rings (SSSR count). The summed E-state index contributed by atoms with van der Waals surface area (Å²) in [6, 6.07) is 8.29. The molecule has 26 heavy (non-hydrogen) atoms. The van der Waals surface area contributed by atoms with Crippen molar-refractivity contribution in [3.05, 3.63) is 30.1 Å². The molecule has 1 aromatic carbocycles. The number of rotatable bonds is 8. The number of imidazole rings is 1. The topological polar surface area (TPSA) is 59.4 Å². The van der Waals surface area contributed by atoms with E-state index in [2.05, 4.69) is 40.0 Å². The third-order valence-electron chi connectivity index (χ3n) is 5.36. The zero-order chi connectivity index (χ0) is 18.4. The standard InChI is InChI=1S/C20H30N4O2/c1-23-18-6-4-3-5-17(18)22-19(23)15-24-12-9-16(10-13-24)7-8-20(25)21-11-14-26-2/h3-6,16H,7-15H2,1-2H3,(H,21,25). The van der Waals surface area contributed by atoms with E-state index in [1.165, 1.54) is 5.52 Å². The summed E-state index contributed by atoms with van der Waals surface area (Å²) in [6.45, 7) is 4.24. The Balaban J connectivity index is 1.42. The maximum absolute atomic E-state index is 11.8. The van der Waals surface area contributed by atoms with Crippen molar-refractivity contribution in [2.45, 2.75) is 32.2 Å². The number of hydrogen-bond donors (Lipinski definition) is 1. The van der Waals surface area contributed by atoms with Gasteiger partial charge >= 0.3 is 0 Å². The van der Waals surface area contributed by atoms with Gasteiger partial charge in [-0.15, -0.1) is 0 Å². The molecule has 0 saturated carbocycles. The van der Waals surface area contributed by atoms with Crippen LogP contribution >= 0.6 is 0 Å². The second-order valence-corrected chi connectivity index (χ2v) is 7.18. The third kappa shape index (κ3) is 4.83. The van der Waals surface area contributed by atoms with Crippen LogP contribution in [0.4, 0.5) is 0 Å². The van der Waals surface area contributed by atoms with Crippen molar-refractivity contribution >= 4 is 16.9 Å². The Kier molecular flexibility index (Phi) is 6.63. The number of ether oxygens (including phenoxy) is 1. The Morgan fingerprint density at radius 1 is 1.31 bits per heavy atom. The van der Waals surface area contributed by atoms with Crippen molar-refractivity contribution in [1.29, 1.82) is 0 Å². The number of benzene rings is 1. The highest BCUT2D eigenvalue weighted by atomic mass is 16.5. The number of nitrogens with zero attached hydrogens (tertiary/aromatic N) is 3. The van der Waals surface area contributed by atoms with Gasteiger partial charge in [0.15, 0.2) is 0 Å². The number of methoxy groups -OCH3 is 1. The van der Waals surface area contributed by atoms with Crippen LogP contribution in [0.25, 0.3) is 11.0 Å². The summed E-state index contributed by atoms with van der Waals surface area (Å²) in [6.07, 6.45) is 3.93. The summed E-state index contributed by atoms with van der Waals surface area (Å²) < 4.78 is 7.15. The molecule has 1 fully saturated rings. The number of nitrogens with one attached hydrogen (secondary N) is 1. The molecule has 2 aromatic rings. The van der Waals surface area contributed by atoms with Gasteiger partial charge < -0.3 is 14.6 Å². The van der Waals surface area contributed by atoms with Crippen LogP contribution in [0.5, 0.6) is 0 Å². The van der Waals surface area contributed by atoms with E-state index in [9.17, 15) is 4.79 Å². The van der Waals surface area contributed by atoms with Gasteiger partial charge in [-0.25, -0.2) is 4.98 Å². The summed E-state index contributed by atoms with van der Waals surface area (Å²) in [7, 11) is 3.74. The summed E-state index contributed by atoms with van der Waals surface area (Å²) in [5, 5.41) is 2.90. The van der Waals surface area contributed by atoms with Crippen LogP contribution < -0.4 is 5.32 Å². The van der Waals surface area contributed by atoms with Gasteiger partial charge in [-0.1, -0.05) is 12.1 Å². The van der Waals surface area contributed by atoms with E-state index in [1.807, 2.05) is 6.07 Å². The van der Waals surface area contributed by atoms with E-state index in [-0.39, 0.29) is 5.91 Å². The number of fused-ring (bicyclic) bond motifs is 1. The van der Waals surface area contributed by atoms with Crippen molar-refractivity contribution in [3.8, 4) is 0 Å². The molecule has 0 unspecified atom stereocenters. The molecule has 1 aliphatic rings. The van der Waals surface area contributed by atoms with Gasteiger partial charge in [0.25, 0.3) is 0 Å². The largest absolute Gasteiger partial charge is 0.383 e. The van der Waals surface area contributed by atoms with Gasteiger partial charge in [0.2, 0.25) is 5.91 Å². The van der Waals surface area contributed by atoms with Crippen LogP contribution in [0.2, 0.25) is 0 Å². The molecule has 0 radical (unpaired) electrons. The lowest BCUT2D eigenvalue weighted by Crippen LogP contribution is -2.34.